The Bertz CT molecular complexity index is 1110. The van der Waals surface area contributed by atoms with Gasteiger partial charge in [-0.05, 0) is 17.7 Å². The van der Waals surface area contributed by atoms with Crippen molar-refractivity contribution in [1.82, 2.24) is 20.1 Å². The van der Waals surface area contributed by atoms with Gasteiger partial charge in [-0.15, -0.1) is 5.10 Å². The molecule has 174 valence electrons. The summed E-state index contributed by atoms with van der Waals surface area (Å²) in [6, 6.07) is 3.47. The molecule has 0 radical (unpaired) electrons. The number of benzene rings is 1. The lowest BCUT2D eigenvalue weighted by molar-refractivity contribution is -0.220. The first kappa shape index (κ1) is 24.2. The summed E-state index contributed by atoms with van der Waals surface area (Å²) in [4.78, 5) is 38.4. The molecule has 0 saturated carbocycles. The lowest BCUT2D eigenvalue weighted by atomic mass is 9.96. The van der Waals surface area contributed by atoms with Crippen LogP contribution in [-0.4, -0.2) is 67.0 Å². The van der Waals surface area contributed by atoms with Gasteiger partial charge in [0.25, 0.3) is 5.56 Å². The van der Waals surface area contributed by atoms with Gasteiger partial charge in [-0.2, -0.15) is 4.68 Å². The number of carbonyl (C=O) groups is 1. The Balaban J connectivity index is 1.95. The van der Waals surface area contributed by atoms with E-state index in [2.05, 4.69) is 20.7 Å². The highest BCUT2D eigenvalue weighted by Crippen LogP contribution is 2.27. The van der Waals surface area contributed by atoms with E-state index in [-0.39, 0.29) is 12.4 Å². The van der Waals surface area contributed by atoms with Crippen molar-refractivity contribution in [3.05, 3.63) is 54.6 Å². The van der Waals surface area contributed by atoms with Gasteiger partial charge in [-0.25, -0.2) is 4.79 Å². The number of aliphatic hydroxyl groups is 3. The molecule has 1 aliphatic rings. The average Bonchev–Trinajstić information content (AvgIpc) is 2.72. The van der Waals surface area contributed by atoms with E-state index in [0.717, 1.165) is 0 Å². The van der Waals surface area contributed by atoms with Crippen LogP contribution >= 0.6 is 23.2 Å². The zero-order valence-corrected chi connectivity index (χ0v) is 18.2. The van der Waals surface area contributed by atoms with Crippen molar-refractivity contribution in [2.24, 2.45) is 0 Å². The number of rotatable bonds is 6. The largest absolute Gasteiger partial charge is 0.394 e. The number of hydrogen-bond donors (Lipinski definition) is 6. The van der Waals surface area contributed by atoms with Gasteiger partial charge < -0.3 is 30.7 Å². The van der Waals surface area contributed by atoms with E-state index in [1.165, 1.54) is 13.0 Å². The maximum Gasteiger partial charge on any atom is 0.347 e. The molecule has 32 heavy (non-hydrogen) atoms. The number of H-pyrrole nitrogens is 1. The molecule has 1 aromatic heterocycles. The minimum absolute atomic E-state index is 0.0611. The van der Waals surface area contributed by atoms with Gasteiger partial charge in [0.15, 0.2) is 6.23 Å². The van der Waals surface area contributed by atoms with Crippen molar-refractivity contribution in [3.63, 3.8) is 0 Å². The minimum Gasteiger partial charge on any atom is -0.394 e. The van der Waals surface area contributed by atoms with E-state index in [9.17, 15) is 29.7 Å². The number of aromatic amines is 1. The van der Waals surface area contributed by atoms with Crippen LogP contribution in [0.25, 0.3) is 0 Å². The first-order valence-electron chi connectivity index (χ1n) is 9.43. The molecule has 0 spiro atoms. The number of hydrogen-bond acceptors (Lipinski definition) is 9. The Kier molecular flexibility index (Phi) is 7.54. The second kappa shape index (κ2) is 9.98. The second-order valence-electron chi connectivity index (χ2n) is 7.10. The van der Waals surface area contributed by atoms with E-state index < -0.39 is 54.3 Å². The van der Waals surface area contributed by atoms with Crippen LogP contribution in [0.15, 0.2) is 27.8 Å². The van der Waals surface area contributed by atoms with Gasteiger partial charge >= 0.3 is 5.69 Å². The van der Waals surface area contributed by atoms with Crippen LogP contribution in [0.2, 0.25) is 10.0 Å². The van der Waals surface area contributed by atoms with E-state index in [1.807, 2.05) is 0 Å². The van der Waals surface area contributed by atoms with E-state index >= 15 is 0 Å². The molecule has 2 heterocycles. The van der Waals surface area contributed by atoms with E-state index in [0.29, 0.717) is 20.3 Å². The van der Waals surface area contributed by atoms with Crippen molar-refractivity contribution >= 4 is 34.9 Å². The highest BCUT2D eigenvalue weighted by molar-refractivity contribution is 6.35. The van der Waals surface area contributed by atoms with Crippen molar-refractivity contribution in [3.8, 4) is 0 Å². The molecule has 3 rings (SSSR count). The molecule has 0 unspecified atom stereocenters. The summed E-state index contributed by atoms with van der Waals surface area (Å²) in [5, 5.41) is 39.9. The molecule has 1 fully saturated rings. The van der Waals surface area contributed by atoms with Crippen molar-refractivity contribution in [2.45, 2.75) is 44.1 Å². The van der Waals surface area contributed by atoms with Gasteiger partial charge in [0.05, 0.1) is 6.61 Å². The zero-order chi connectivity index (χ0) is 23.6. The number of amides is 1. The molecule has 1 amide bonds. The fourth-order valence-electron chi connectivity index (χ4n) is 3.24. The summed E-state index contributed by atoms with van der Waals surface area (Å²) < 4.78 is 6.23. The number of aliphatic hydroxyl groups excluding tert-OH is 3. The highest BCUT2D eigenvalue weighted by Gasteiger charge is 2.46. The maximum absolute atomic E-state index is 12.5. The minimum atomic E-state index is -1.60. The third-order valence-corrected chi connectivity index (χ3v) is 5.41. The monoisotopic (exact) mass is 489 g/mol. The van der Waals surface area contributed by atoms with Gasteiger partial charge in [0, 0.05) is 23.5 Å². The number of ether oxygens (including phenoxy) is 1. The lowest BCUT2D eigenvalue weighted by Crippen LogP contribution is -2.63. The number of nitrogens with zero attached hydrogens (tertiary/aromatic N) is 2. The van der Waals surface area contributed by atoms with Crippen LogP contribution in [0.3, 0.4) is 0 Å². The first-order valence-corrected chi connectivity index (χ1v) is 10.2. The predicted octanol–water partition coefficient (Wildman–Crippen LogP) is -1.03. The van der Waals surface area contributed by atoms with Gasteiger partial charge in [0.1, 0.15) is 24.4 Å². The number of nitrogens with one attached hydrogen (secondary N) is 3. The molecule has 6 N–H and O–H groups in total. The van der Waals surface area contributed by atoms with Gasteiger partial charge in [0.2, 0.25) is 11.7 Å². The molecular formula is C18H21Cl2N5O7. The fraction of sp³-hybridized carbons (Fsp3) is 0.444. The lowest BCUT2D eigenvalue weighted by Gasteiger charge is -2.42. The van der Waals surface area contributed by atoms with Crippen molar-refractivity contribution in [1.29, 1.82) is 0 Å². The smallest absolute Gasteiger partial charge is 0.347 e. The summed E-state index contributed by atoms with van der Waals surface area (Å²) in [5.74, 6) is -0.854. The van der Waals surface area contributed by atoms with Crippen LogP contribution in [0.1, 0.15) is 18.7 Å². The van der Waals surface area contributed by atoms with Crippen molar-refractivity contribution in [2.75, 3.05) is 11.9 Å². The van der Waals surface area contributed by atoms with Crippen LogP contribution in [0.5, 0.6) is 0 Å². The number of halogens is 2. The maximum atomic E-state index is 12.5. The van der Waals surface area contributed by atoms with Gasteiger partial charge in [-0.3, -0.25) is 14.6 Å². The number of anilines is 1. The summed E-state index contributed by atoms with van der Waals surface area (Å²) >= 11 is 12.0. The quantitative estimate of drug-likeness (QED) is 0.295. The van der Waals surface area contributed by atoms with Crippen LogP contribution < -0.4 is 21.9 Å². The summed E-state index contributed by atoms with van der Waals surface area (Å²) in [6.07, 6.45) is -5.86. The number of aromatic nitrogens is 3. The van der Waals surface area contributed by atoms with Gasteiger partial charge in [-0.1, -0.05) is 29.3 Å². The Morgan fingerprint density at radius 2 is 2.00 bits per heavy atom. The Labute approximate surface area is 190 Å². The number of carbonyl (C=O) groups excluding carboxylic acids is 1. The fourth-order valence-corrected chi connectivity index (χ4v) is 3.72. The summed E-state index contributed by atoms with van der Waals surface area (Å²) in [6.45, 7) is 0.547. The molecule has 0 aliphatic carbocycles. The van der Waals surface area contributed by atoms with Crippen molar-refractivity contribution < 1.29 is 24.9 Å². The Morgan fingerprint density at radius 3 is 2.62 bits per heavy atom. The molecule has 12 nitrogen and oxygen atoms in total. The summed E-state index contributed by atoms with van der Waals surface area (Å²) in [7, 11) is 0. The molecule has 0 bridgehead atoms. The molecule has 5 atom stereocenters. The molecular weight excluding hydrogens is 469 g/mol. The third-order valence-electron chi connectivity index (χ3n) is 4.82. The average molecular weight is 490 g/mol. The second-order valence-corrected chi connectivity index (χ2v) is 7.94. The predicted molar refractivity (Wildman–Crippen MR) is 114 cm³/mol. The molecule has 1 aliphatic heterocycles. The standard InChI is InChI=1S/C18H21Cl2N5O7/c1-7(27)22-12-14(29)13(28)11(6-26)32-17(12)25-18(31)23-16(30)15(24-25)21-5-8-2-3-9(19)4-10(8)20/h2-4,11-14,17,26,28-29H,5-6H2,1H3,(H,21,24)(H,22,27)(H,23,30,31)/t11-,12-,13-,14-,17-/m1/s1. The molecule has 2 aromatic rings. The highest BCUT2D eigenvalue weighted by atomic mass is 35.5. The molecule has 1 aromatic carbocycles. The zero-order valence-electron chi connectivity index (χ0n) is 16.7. The molecule has 14 heteroatoms. The topological polar surface area (TPSA) is 179 Å². The van der Waals surface area contributed by atoms with Crippen LogP contribution in [0, 0.1) is 0 Å². The molecule has 1 saturated heterocycles. The van der Waals surface area contributed by atoms with Crippen LogP contribution in [-0.2, 0) is 16.1 Å². The summed E-state index contributed by atoms with van der Waals surface area (Å²) in [5.41, 5.74) is -1.23. The van der Waals surface area contributed by atoms with Crippen LogP contribution in [0.4, 0.5) is 5.82 Å². The third kappa shape index (κ3) is 5.11. The van der Waals surface area contributed by atoms with E-state index in [1.54, 1.807) is 12.1 Å². The first-order chi connectivity index (χ1) is 15.1. The Hall–Kier alpha value is -2.48. The SMILES string of the molecule is CC(=O)N[C@@H]1[C@@H](O)[C@H](O)[C@@H](CO)O[C@H]1n1nc(NCc2ccc(Cl)cc2Cl)c(=O)[nH]c1=O. The Morgan fingerprint density at radius 1 is 1.28 bits per heavy atom. The van der Waals surface area contributed by atoms with E-state index in [4.69, 9.17) is 27.9 Å². The normalized spacial score (nSPS) is 25.4.